The van der Waals surface area contributed by atoms with Gasteiger partial charge < -0.3 is 4.52 Å². The minimum absolute atomic E-state index is 0.403. The molecule has 2 aromatic rings. The summed E-state index contributed by atoms with van der Waals surface area (Å²) < 4.78 is 5.30. The van der Waals surface area contributed by atoms with Gasteiger partial charge in [-0.2, -0.15) is 4.98 Å². The Bertz CT molecular complexity index is 588. The normalized spacial score (nSPS) is 18.8. The van der Waals surface area contributed by atoms with Crippen molar-refractivity contribution in [1.29, 1.82) is 0 Å². The summed E-state index contributed by atoms with van der Waals surface area (Å²) in [4.78, 5) is 6.86. The van der Waals surface area contributed by atoms with Crippen LogP contribution in [0.1, 0.15) is 49.0 Å². The molecule has 0 spiro atoms. The van der Waals surface area contributed by atoms with Crippen molar-refractivity contribution < 1.29 is 4.52 Å². The van der Waals surface area contributed by atoms with Crippen molar-refractivity contribution in [3.8, 4) is 0 Å². The number of likely N-dealkylation sites (tertiary alicyclic amines) is 1. The standard InChI is InChI=1S/C16H20ClN3O/c1-11(13-3-5-15(17)6-4-13)20-9-7-14(8-10-20)16-18-12(2)19-21-16/h3-6,11,14H,7-10H2,1-2H3/t11-/m1/s1. The predicted molar refractivity (Wildman–Crippen MR) is 82.5 cm³/mol. The van der Waals surface area contributed by atoms with Gasteiger partial charge in [-0.3, -0.25) is 4.90 Å². The Morgan fingerprint density at radius 3 is 2.48 bits per heavy atom. The summed E-state index contributed by atoms with van der Waals surface area (Å²) >= 11 is 5.95. The third kappa shape index (κ3) is 3.27. The number of nitrogens with zero attached hydrogens (tertiary/aromatic N) is 3. The first-order chi connectivity index (χ1) is 10.1. The molecule has 0 radical (unpaired) electrons. The molecule has 1 aliphatic heterocycles. The highest BCUT2D eigenvalue weighted by Crippen LogP contribution is 2.31. The first-order valence-electron chi connectivity index (χ1n) is 7.43. The highest BCUT2D eigenvalue weighted by molar-refractivity contribution is 6.30. The van der Waals surface area contributed by atoms with Crippen LogP contribution in [-0.2, 0) is 0 Å². The van der Waals surface area contributed by atoms with Gasteiger partial charge in [-0.05, 0) is 57.5 Å². The van der Waals surface area contributed by atoms with Gasteiger partial charge in [-0.25, -0.2) is 0 Å². The molecule has 1 aromatic carbocycles. The van der Waals surface area contributed by atoms with Crippen LogP contribution in [0.4, 0.5) is 0 Å². The number of benzene rings is 1. The molecular formula is C16H20ClN3O. The summed E-state index contributed by atoms with van der Waals surface area (Å²) in [6.45, 7) is 6.22. The molecule has 0 saturated carbocycles. The van der Waals surface area contributed by atoms with Crippen LogP contribution in [0.2, 0.25) is 5.02 Å². The average molecular weight is 306 g/mol. The molecule has 1 saturated heterocycles. The lowest BCUT2D eigenvalue weighted by Gasteiger charge is -2.35. The maximum absolute atomic E-state index is 5.95. The van der Waals surface area contributed by atoms with Crippen LogP contribution < -0.4 is 0 Å². The molecule has 0 bridgehead atoms. The summed E-state index contributed by atoms with van der Waals surface area (Å²) in [5.74, 6) is 1.92. The molecule has 21 heavy (non-hydrogen) atoms. The van der Waals surface area contributed by atoms with Crippen molar-refractivity contribution in [3.05, 3.63) is 46.6 Å². The van der Waals surface area contributed by atoms with Gasteiger partial charge in [-0.15, -0.1) is 0 Å². The monoisotopic (exact) mass is 305 g/mol. The Morgan fingerprint density at radius 2 is 1.90 bits per heavy atom. The van der Waals surface area contributed by atoms with E-state index in [2.05, 4.69) is 34.1 Å². The Hall–Kier alpha value is -1.39. The van der Waals surface area contributed by atoms with Crippen LogP contribution in [0.3, 0.4) is 0 Å². The van der Waals surface area contributed by atoms with Crippen LogP contribution in [-0.4, -0.2) is 28.1 Å². The topological polar surface area (TPSA) is 42.2 Å². The summed E-state index contributed by atoms with van der Waals surface area (Å²) in [6.07, 6.45) is 2.14. The van der Waals surface area contributed by atoms with E-state index in [1.165, 1.54) is 5.56 Å². The van der Waals surface area contributed by atoms with Crippen molar-refractivity contribution in [2.24, 2.45) is 0 Å². The van der Waals surface area contributed by atoms with Crippen LogP contribution in [0.15, 0.2) is 28.8 Å². The fourth-order valence-electron chi connectivity index (χ4n) is 2.96. The first-order valence-corrected chi connectivity index (χ1v) is 7.81. The molecule has 112 valence electrons. The van der Waals surface area contributed by atoms with E-state index in [4.69, 9.17) is 16.1 Å². The number of hydrogen-bond acceptors (Lipinski definition) is 4. The number of piperidine rings is 1. The number of aryl methyl sites for hydroxylation is 1. The fraction of sp³-hybridized carbons (Fsp3) is 0.500. The lowest BCUT2D eigenvalue weighted by molar-refractivity contribution is 0.151. The van der Waals surface area contributed by atoms with Gasteiger partial charge in [0.15, 0.2) is 5.82 Å². The number of halogens is 1. The second-order valence-corrected chi connectivity index (χ2v) is 6.15. The van der Waals surface area contributed by atoms with Crippen molar-refractivity contribution >= 4 is 11.6 Å². The molecule has 0 unspecified atom stereocenters. The molecule has 1 aliphatic rings. The van der Waals surface area contributed by atoms with Gasteiger partial charge >= 0.3 is 0 Å². The maximum Gasteiger partial charge on any atom is 0.229 e. The second-order valence-electron chi connectivity index (χ2n) is 5.72. The minimum atomic E-state index is 0.403. The van der Waals surface area contributed by atoms with Crippen LogP contribution >= 0.6 is 11.6 Å². The van der Waals surface area contributed by atoms with Gasteiger partial charge in [0.1, 0.15) is 0 Å². The molecule has 1 fully saturated rings. The van der Waals surface area contributed by atoms with E-state index in [1.54, 1.807) is 0 Å². The Balaban J connectivity index is 1.61. The van der Waals surface area contributed by atoms with Gasteiger partial charge in [-0.1, -0.05) is 28.9 Å². The molecule has 0 N–H and O–H groups in total. The van der Waals surface area contributed by atoms with Gasteiger partial charge in [0.25, 0.3) is 0 Å². The number of aromatic nitrogens is 2. The maximum atomic E-state index is 5.95. The van der Waals surface area contributed by atoms with E-state index in [0.29, 0.717) is 12.0 Å². The van der Waals surface area contributed by atoms with E-state index in [0.717, 1.165) is 42.7 Å². The van der Waals surface area contributed by atoms with E-state index in [-0.39, 0.29) is 0 Å². The van der Waals surface area contributed by atoms with Gasteiger partial charge in [0.05, 0.1) is 0 Å². The van der Waals surface area contributed by atoms with E-state index >= 15 is 0 Å². The third-order valence-corrected chi connectivity index (χ3v) is 4.57. The zero-order valence-electron chi connectivity index (χ0n) is 12.4. The summed E-state index contributed by atoms with van der Waals surface area (Å²) in [5.41, 5.74) is 1.31. The lowest BCUT2D eigenvalue weighted by Crippen LogP contribution is -2.35. The Morgan fingerprint density at radius 1 is 1.24 bits per heavy atom. The number of hydrogen-bond donors (Lipinski definition) is 0. The molecule has 2 heterocycles. The van der Waals surface area contributed by atoms with E-state index in [9.17, 15) is 0 Å². The lowest BCUT2D eigenvalue weighted by atomic mass is 9.94. The molecule has 0 aliphatic carbocycles. The highest BCUT2D eigenvalue weighted by Gasteiger charge is 2.27. The molecule has 0 amide bonds. The SMILES string of the molecule is Cc1noc(C2CCN([C@H](C)c3ccc(Cl)cc3)CC2)n1. The van der Waals surface area contributed by atoms with Crippen molar-refractivity contribution in [3.63, 3.8) is 0 Å². The van der Waals surface area contributed by atoms with Crippen molar-refractivity contribution in [2.75, 3.05) is 13.1 Å². The molecule has 5 heteroatoms. The van der Waals surface area contributed by atoms with Crippen LogP contribution in [0, 0.1) is 6.92 Å². The van der Waals surface area contributed by atoms with E-state index in [1.807, 2.05) is 19.1 Å². The fourth-order valence-corrected chi connectivity index (χ4v) is 3.09. The van der Waals surface area contributed by atoms with Crippen LogP contribution in [0.25, 0.3) is 0 Å². The summed E-state index contributed by atoms with van der Waals surface area (Å²) in [5, 5.41) is 4.68. The number of rotatable bonds is 3. The Labute approximate surface area is 130 Å². The first kappa shape index (κ1) is 14.5. The quantitative estimate of drug-likeness (QED) is 0.860. The molecule has 3 rings (SSSR count). The third-order valence-electron chi connectivity index (χ3n) is 4.32. The van der Waals surface area contributed by atoms with E-state index < -0.39 is 0 Å². The minimum Gasteiger partial charge on any atom is -0.339 e. The largest absolute Gasteiger partial charge is 0.339 e. The zero-order chi connectivity index (χ0) is 14.8. The van der Waals surface area contributed by atoms with Gasteiger partial charge in [0, 0.05) is 17.0 Å². The van der Waals surface area contributed by atoms with Crippen molar-refractivity contribution in [2.45, 2.75) is 38.6 Å². The molecular weight excluding hydrogens is 286 g/mol. The summed E-state index contributed by atoms with van der Waals surface area (Å²) in [6, 6.07) is 8.55. The predicted octanol–water partition coefficient (Wildman–Crippen LogP) is 3.97. The smallest absolute Gasteiger partial charge is 0.229 e. The zero-order valence-corrected chi connectivity index (χ0v) is 13.2. The molecule has 1 aromatic heterocycles. The second kappa shape index (κ2) is 6.16. The van der Waals surface area contributed by atoms with Gasteiger partial charge in [0.2, 0.25) is 5.89 Å². The Kier molecular flexibility index (Phi) is 4.27. The molecule has 4 nitrogen and oxygen atoms in total. The van der Waals surface area contributed by atoms with Crippen molar-refractivity contribution in [1.82, 2.24) is 15.0 Å². The average Bonchev–Trinajstić information content (AvgIpc) is 2.94. The highest BCUT2D eigenvalue weighted by atomic mass is 35.5. The summed E-state index contributed by atoms with van der Waals surface area (Å²) in [7, 11) is 0. The van der Waals surface area contributed by atoms with Crippen LogP contribution in [0.5, 0.6) is 0 Å². The molecule has 1 atom stereocenters.